The third kappa shape index (κ3) is 2.43. The van der Waals surface area contributed by atoms with Crippen LogP contribution in [-0.2, 0) is 9.59 Å². The highest BCUT2D eigenvalue weighted by atomic mass is 32.2. The molecule has 1 heterocycles. The van der Waals surface area contributed by atoms with Crippen molar-refractivity contribution in [2.75, 3.05) is 5.75 Å². The van der Waals surface area contributed by atoms with E-state index in [-0.39, 0.29) is 11.3 Å². The van der Waals surface area contributed by atoms with Crippen molar-refractivity contribution >= 4 is 23.6 Å². The van der Waals surface area contributed by atoms with Crippen molar-refractivity contribution in [2.24, 2.45) is 5.73 Å². The number of aliphatic carboxylic acids is 1. The van der Waals surface area contributed by atoms with Gasteiger partial charge in [-0.1, -0.05) is 6.92 Å². The Morgan fingerprint density at radius 2 is 2.27 bits per heavy atom. The zero-order valence-corrected chi connectivity index (χ0v) is 9.66. The monoisotopic (exact) mass is 232 g/mol. The van der Waals surface area contributed by atoms with Crippen LogP contribution in [0.15, 0.2) is 0 Å². The Morgan fingerprint density at radius 3 is 2.67 bits per heavy atom. The molecule has 2 unspecified atom stereocenters. The van der Waals surface area contributed by atoms with Gasteiger partial charge in [-0.25, -0.2) is 4.79 Å². The number of carbonyl (C=O) groups excluding carboxylic acids is 1. The van der Waals surface area contributed by atoms with Crippen molar-refractivity contribution in [1.29, 1.82) is 0 Å². The van der Waals surface area contributed by atoms with E-state index in [4.69, 9.17) is 10.8 Å². The van der Waals surface area contributed by atoms with Gasteiger partial charge < -0.3 is 15.7 Å². The molecule has 0 radical (unpaired) electrons. The van der Waals surface area contributed by atoms with Crippen LogP contribution in [0.5, 0.6) is 0 Å². The standard InChI is InChI=1S/C9H16N2O3S/c1-3-7-11(8(12)5(2)10)6(4-15-7)9(13)14/h5-7H,3-4,10H2,1-2H3,(H,13,14)/t5-,6?,7?/m0/s1. The first kappa shape index (κ1) is 12.3. The molecule has 1 fully saturated rings. The number of amides is 1. The normalized spacial score (nSPS) is 27.8. The van der Waals surface area contributed by atoms with Crippen molar-refractivity contribution < 1.29 is 14.7 Å². The van der Waals surface area contributed by atoms with Crippen molar-refractivity contribution in [3.05, 3.63) is 0 Å². The minimum atomic E-state index is -0.951. The summed E-state index contributed by atoms with van der Waals surface area (Å²) in [5, 5.41) is 8.93. The molecule has 0 aliphatic carbocycles. The average molecular weight is 232 g/mol. The van der Waals surface area contributed by atoms with Crippen LogP contribution in [0.4, 0.5) is 0 Å². The lowest BCUT2D eigenvalue weighted by atomic mass is 10.2. The predicted octanol–water partition coefficient (Wildman–Crippen LogP) is 0.0983. The number of hydrogen-bond acceptors (Lipinski definition) is 4. The lowest BCUT2D eigenvalue weighted by molar-refractivity contribution is -0.149. The number of rotatable bonds is 3. The van der Waals surface area contributed by atoms with Gasteiger partial charge in [-0.05, 0) is 13.3 Å². The number of carboxylic acids is 1. The molecule has 1 saturated heterocycles. The maximum atomic E-state index is 11.8. The molecule has 6 heteroatoms. The van der Waals surface area contributed by atoms with Crippen LogP contribution < -0.4 is 5.73 Å². The van der Waals surface area contributed by atoms with E-state index in [1.165, 1.54) is 16.7 Å². The second-order valence-electron chi connectivity index (χ2n) is 3.58. The van der Waals surface area contributed by atoms with Crippen molar-refractivity contribution in [3.63, 3.8) is 0 Å². The molecule has 0 saturated carbocycles. The SMILES string of the molecule is CCC1SCC(C(=O)O)N1C(=O)[C@H](C)N. The minimum absolute atomic E-state index is 0.0513. The van der Waals surface area contributed by atoms with Gasteiger partial charge in [0.2, 0.25) is 5.91 Å². The summed E-state index contributed by atoms with van der Waals surface area (Å²) >= 11 is 1.50. The Morgan fingerprint density at radius 1 is 1.67 bits per heavy atom. The smallest absolute Gasteiger partial charge is 0.327 e. The Kier molecular flexibility index (Phi) is 3.98. The van der Waals surface area contributed by atoms with Gasteiger partial charge in [0.15, 0.2) is 0 Å². The Hall–Kier alpha value is -0.750. The number of nitrogens with zero attached hydrogens (tertiary/aromatic N) is 1. The average Bonchev–Trinajstić information content (AvgIpc) is 2.59. The first-order chi connectivity index (χ1) is 6.99. The molecular formula is C9H16N2O3S. The molecule has 0 aromatic carbocycles. The lowest BCUT2D eigenvalue weighted by Crippen LogP contribution is -2.51. The number of hydrogen-bond donors (Lipinski definition) is 2. The second kappa shape index (κ2) is 4.85. The number of thioether (sulfide) groups is 1. The summed E-state index contributed by atoms with van der Waals surface area (Å²) in [5.41, 5.74) is 5.50. The van der Waals surface area contributed by atoms with Gasteiger partial charge in [0.1, 0.15) is 6.04 Å². The summed E-state index contributed by atoms with van der Waals surface area (Å²) in [6, 6.07) is -1.36. The summed E-state index contributed by atoms with van der Waals surface area (Å²) in [5.74, 6) is -0.779. The van der Waals surface area contributed by atoms with Crippen LogP contribution in [0, 0.1) is 0 Å². The fraction of sp³-hybridized carbons (Fsp3) is 0.778. The second-order valence-corrected chi connectivity index (χ2v) is 4.80. The molecule has 1 aliphatic heterocycles. The van der Waals surface area contributed by atoms with Gasteiger partial charge in [0.25, 0.3) is 0 Å². The van der Waals surface area contributed by atoms with E-state index in [2.05, 4.69) is 0 Å². The van der Waals surface area contributed by atoms with E-state index in [1.807, 2.05) is 6.92 Å². The van der Waals surface area contributed by atoms with Crippen molar-refractivity contribution in [3.8, 4) is 0 Å². The third-order valence-electron chi connectivity index (χ3n) is 2.37. The first-order valence-corrected chi connectivity index (χ1v) is 5.96. The van der Waals surface area contributed by atoms with Gasteiger partial charge in [0, 0.05) is 5.75 Å². The fourth-order valence-electron chi connectivity index (χ4n) is 1.60. The van der Waals surface area contributed by atoms with Crippen molar-refractivity contribution in [1.82, 2.24) is 4.90 Å². The molecule has 3 atom stereocenters. The molecular weight excluding hydrogens is 216 g/mol. The van der Waals surface area contributed by atoms with Gasteiger partial charge in [0.05, 0.1) is 11.4 Å². The van der Waals surface area contributed by atoms with Gasteiger partial charge in [-0.2, -0.15) is 0 Å². The summed E-state index contributed by atoms with van der Waals surface area (Å²) < 4.78 is 0. The molecule has 86 valence electrons. The Bertz CT molecular complexity index is 270. The van der Waals surface area contributed by atoms with Crippen LogP contribution in [0.2, 0.25) is 0 Å². The largest absolute Gasteiger partial charge is 0.480 e. The van der Waals surface area contributed by atoms with Crippen LogP contribution in [0.3, 0.4) is 0 Å². The lowest BCUT2D eigenvalue weighted by Gasteiger charge is -2.28. The maximum absolute atomic E-state index is 11.8. The highest BCUT2D eigenvalue weighted by Crippen LogP contribution is 2.31. The molecule has 0 spiro atoms. The van der Waals surface area contributed by atoms with Crippen LogP contribution in [0.1, 0.15) is 20.3 Å². The summed E-state index contributed by atoms with van der Waals surface area (Å²) in [7, 11) is 0. The van der Waals surface area contributed by atoms with Gasteiger partial charge in [-0.15, -0.1) is 11.8 Å². The molecule has 1 aliphatic rings. The van der Waals surface area contributed by atoms with E-state index in [1.54, 1.807) is 6.92 Å². The van der Waals surface area contributed by atoms with Crippen LogP contribution >= 0.6 is 11.8 Å². The molecule has 3 N–H and O–H groups in total. The zero-order valence-electron chi connectivity index (χ0n) is 8.84. The third-order valence-corrected chi connectivity index (χ3v) is 3.82. The van der Waals surface area contributed by atoms with E-state index < -0.39 is 18.1 Å². The highest BCUT2D eigenvalue weighted by molar-refractivity contribution is 8.00. The molecule has 1 rings (SSSR count). The zero-order chi connectivity index (χ0) is 11.6. The Balaban J connectivity index is 2.86. The van der Waals surface area contributed by atoms with E-state index >= 15 is 0 Å². The van der Waals surface area contributed by atoms with Crippen LogP contribution in [0.25, 0.3) is 0 Å². The summed E-state index contributed by atoms with van der Waals surface area (Å²) in [6.07, 6.45) is 0.743. The quantitative estimate of drug-likeness (QED) is 0.721. The Labute approximate surface area is 93.0 Å². The minimum Gasteiger partial charge on any atom is -0.480 e. The number of nitrogens with two attached hydrogens (primary N) is 1. The van der Waals surface area contributed by atoms with Gasteiger partial charge >= 0.3 is 5.97 Å². The van der Waals surface area contributed by atoms with Crippen molar-refractivity contribution in [2.45, 2.75) is 37.7 Å². The van der Waals surface area contributed by atoms with E-state index in [0.717, 1.165) is 6.42 Å². The first-order valence-electron chi connectivity index (χ1n) is 4.91. The summed E-state index contributed by atoms with van der Waals surface area (Å²) in [4.78, 5) is 24.1. The molecule has 5 nitrogen and oxygen atoms in total. The molecule has 1 amide bonds. The topological polar surface area (TPSA) is 83.6 Å². The predicted molar refractivity (Wildman–Crippen MR) is 58.5 cm³/mol. The molecule has 15 heavy (non-hydrogen) atoms. The molecule has 0 bridgehead atoms. The number of carboxylic acid groups (broad SMARTS) is 1. The van der Waals surface area contributed by atoms with Gasteiger partial charge in [-0.3, -0.25) is 4.79 Å². The maximum Gasteiger partial charge on any atom is 0.327 e. The summed E-state index contributed by atoms with van der Waals surface area (Å²) in [6.45, 7) is 3.51. The highest BCUT2D eigenvalue weighted by Gasteiger charge is 2.41. The fourth-order valence-corrected chi connectivity index (χ4v) is 2.95. The number of carbonyl (C=O) groups is 2. The molecule has 0 aromatic rings. The van der Waals surface area contributed by atoms with E-state index in [0.29, 0.717) is 5.75 Å². The van der Waals surface area contributed by atoms with E-state index in [9.17, 15) is 9.59 Å². The van der Waals surface area contributed by atoms with Crippen LogP contribution in [-0.4, -0.2) is 45.1 Å². The molecule has 0 aromatic heterocycles.